The van der Waals surface area contributed by atoms with Gasteiger partial charge in [-0.1, -0.05) is 0 Å². The van der Waals surface area contributed by atoms with Crippen molar-refractivity contribution in [2.24, 2.45) is 0 Å². The van der Waals surface area contributed by atoms with Gasteiger partial charge in [0.2, 0.25) is 0 Å². The standard InChI is InChI=1S/C6H5N3S/c10-9-4-5-1-2-7-3-6(5)8-9/h1-4,10H. The van der Waals surface area contributed by atoms with E-state index in [1.54, 1.807) is 12.4 Å². The van der Waals surface area contributed by atoms with Gasteiger partial charge < -0.3 is 0 Å². The van der Waals surface area contributed by atoms with Gasteiger partial charge in [-0.15, -0.1) is 0 Å². The van der Waals surface area contributed by atoms with E-state index in [0.717, 1.165) is 10.9 Å². The van der Waals surface area contributed by atoms with Crippen LogP contribution in [0.3, 0.4) is 0 Å². The molecule has 3 nitrogen and oxygen atoms in total. The molecule has 0 aliphatic heterocycles. The second kappa shape index (κ2) is 1.98. The maximum Gasteiger partial charge on any atom is 0.112 e. The van der Waals surface area contributed by atoms with Gasteiger partial charge in [0, 0.05) is 17.8 Å². The predicted octanol–water partition coefficient (Wildman–Crippen LogP) is 1.12. The Morgan fingerprint density at radius 3 is 3.20 bits per heavy atom. The fourth-order valence-electron chi connectivity index (χ4n) is 0.853. The number of thiol groups is 1. The third-order valence-corrected chi connectivity index (χ3v) is 1.50. The summed E-state index contributed by atoms with van der Waals surface area (Å²) in [6.45, 7) is 0. The highest BCUT2D eigenvalue weighted by atomic mass is 32.1. The van der Waals surface area contributed by atoms with Crippen molar-refractivity contribution in [2.75, 3.05) is 0 Å². The van der Waals surface area contributed by atoms with Crippen LogP contribution in [0.25, 0.3) is 10.9 Å². The molecule has 10 heavy (non-hydrogen) atoms. The maximum absolute atomic E-state index is 4.03. The number of nitrogens with zero attached hydrogens (tertiary/aromatic N) is 3. The zero-order chi connectivity index (χ0) is 6.97. The van der Waals surface area contributed by atoms with Crippen LogP contribution in [0.2, 0.25) is 0 Å². The van der Waals surface area contributed by atoms with Crippen molar-refractivity contribution < 1.29 is 0 Å². The first-order valence-electron chi connectivity index (χ1n) is 2.85. The topological polar surface area (TPSA) is 30.7 Å². The van der Waals surface area contributed by atoms with Crippen molar-refractivity contribution in [2.45, 2.75) is 0 Å². The first-order chi connectivity index (χ1) is 4.86. The van der Waals surface area contributed by atoms with Crippen LogP contribution in [0.5, 0.6) is 0 Å². The van der Waals surface area contributed by atoms with Gasteiger partial charge in [-0.25, -0.2) is 4.09 Å². The molecule has 0 radical (unpaired) electrons. The molecule has 0 N–H and O–H groups in total. The molecule has 0 atom stereocenters. The molecule has 0 unspecified atom stereocenters. The molecule has 50 valence electrons. The Morgan fingerprint density at radius 2 is 2.40 bits per heavy atom. The van der Waals surface area contributed by atoms with Crippen LogP contribution in [-0.2, 0) is 0 Å². The van der Waals surface area contributed by atoms with Crippen LogP contribution < -0.4 is 0 Å². The van der Waals surface area contributed by atoms with Gasteiger partial charge in [-0.2, -0.15) is 5.10 Å². The molecule has 0 aromatic carbocycles. The summed E-state index contributed by atoms with van der Waals surface area (Å²) in [6.07, 6.45) is 5.28. The van der Waals surface area contributed by atoms with Crippen LogP contribution in [0.15, 0.2) is 24.7 Å². The highest BCUT2D eigenvalue weighted by Gasteiger charge is 1.94. The smallest absolute Gasteiger partial charge is 0.112 e. The molecule has 2 aromatic heterocycles. The molecule has 0 aliphatic carbocycles. The van der Waals surface area contributed by atoms with Crippen molar-refractivity contribution in [3.63, 3.8) is 0 Å². The third-order valence-electron chi connectivity index (χ3n) is 1.30. The Morgan fingerprint density at radius 1 is 1.50 bits per heavy atom. The molecule has 0 saturated carbocycles. The van der Waals surface area contributed by atoms with Crippen molar-refractivity contribution in [1.82, 2.24) is 14.2 Å². The highest BCUT2D eigenvalue weighted by Crippen LogP contribution is 2.08. The van der Waals surface area contributed by atoms with Crippen molar-refractivity contribution >= 4 is 23.7 Å². The average molecular weight is 151 g/mol. The van der Waals surface area contributed by atoms with E-state index in [0.29, 0.717) is 0 Å². The van der Waals surface area contributed by atoms with Crippen molar-refractivity contribution in [1.29, 1.82) is 0 Å². The summed E-state index contributed by atoms with van der Waals surface area (Å²) in [6, 6.07) is 1.90. The fraction of sp³-hybridized carbons (Fsp3) is 0. The predicted molar refractivity (Wildman–Crippen MR) is 41.9 cm³/mol. The molecule has 0 aliphatic rings. The van der Waals surface area contributed by atoms with E-state index in [9.17, 15) is 0 Å². The van der Waals surface area contributed by atoms with Gasteiger partial charge in [-0.3, -0.25) is 4.98 Å². The largest absolute Gasteiger partial charge is 0.262 e. The van der Waals surface area contributed by atoms with Gasteiger partial charge in [0.25, 0.3) is 0 Å². The molecule has 0 spiro atoms. The van der Waals surface area contributed by atoms with Gasteiger partial charge in [-0.05, 0) is 18.9 Å². The van der Waals surface area contributed by atoms with Crippen LogP contribution in [0.4, 0.5) is 0 Å². The molecule has 2 heterocycles. The number of hydrogen-bond donors (Lipinski definition) is 1. The SMILES string of the molecule is Sn1cc2ccncc2n1. The molecule has 2 aromatic rings. The number of fused-ring (bicyclic) bond motifs is 1. The van der Waals surface area contributed by atoms with Crippen LogP contribution in [0, 0.1) is 0 Å². The Balaban J connectivity index is 2.88. The molecule has 4 heteroatoms. The minimum atomic E-state index is 0.873. The van der Waals surface area contributed by atoms with Gasteiger partial charge in [0.1, 0.15) is 5.52 Å². The Hall–Kier alpha value is -1.03. The fourth-order valence-corrected chi connectivity index (χ4v) is 1.07. The highest BCUT2D eigenvalue weighted by molar-refractivity contribution is 7.78. The second-order valence-electron chi connectivity index (χ2n) is 1.98. The van der Waals surface area contributed by atoms with E-state index in [-0.39, 0.29) is 0 Å². The lowest BCUT2D eigenvalue weighted by Crippen LogP contribution is -1.76. The molecule has 0 amide bonds. The Labute approximate surface area is 63.2 Å². The third kappa shape index (κ3) is 0.769. The number of hydrogen-bond acceptors (Lipinski definition) is 3. The van der Waals surface area contributed by atoms with E-state index in [2.05, 4.69) is 22.9 Å². The van der Waals surface area contributed by atoms with Gasteiger partial charge >= 0.3 is 0 Å². The number of pyridine rings is 1. The summed E-state index contributed by atoms with van der Waals surface area (Å²) in [4.78, 5) is 3.92. The molecular weight excluding hydrogens is 146 g/mol. The van der Waals surface area contributed by atoms with Crippen LogP contribution in [0.1, 0.15) is 0 Å². The lowest BCUT2D eigenvalue weighted by molar-refractivity contribution is 1.04. The molecular formula is C6H5N3S. The van der Waals surface area contributed by atoms with Crippen molar-refractivity contribution in [3.05, 3.63) is 24.7 Å². The lowest BCUT2D eigenvalue weighted by atomic mass is 10.3. The summed E-state index contributed by atoms with van der Waals surface area (Å²) in [5.41, 5.74) is 0.873. The van der Waals surface area contributed by atoms with Crippen LogP contribution >= 0.6 is 12.8 Å². The van der Waals surface area contributed by atoms with E-state index in [1.807, 2.05) is 12.3 Å². The number of aromatic nitrogens is 3. The summed E-state index contributed by atoms with van der Waals surface area (Å²) < 4.78 is 1.48. The summed E-state index contributed by atoms with van der Waals surface area (Å²) >= 11 is 4.02. The van der Waals surface area contributed by atoms with Gasteiger partial charge in [0.15, 0.2) is 0 Å². The molecule has 0 fully saturated rings. The minimum absolute atomic E-state index is 0.873. The van der Waals surface area contributed by atoms with E-state index >= 15 is 0 Å². The molecule has 2 rings (SSSR count). The quantitative estimate of drug-likeness (QED) is 0.572. The normalized spacial score (nSPS) is 10.5. The lowest BCUT2D eigenvalue weighted by Gasteiger charge is -1.79. The zero-order valence-corrected chi connectivity index (χ0v) is 5.99. The first kappa shape index (κ1) is 5.73. The maximum atomic E-state index is 4.03. The molecule has 0 saturated heterocycles. The second-order valence-corrected chi connectivity index (χ2v) is 2.39. The van der Waals surface area contributed by atoms with Gasteiger partial charge in [0.05, 0.1) is 6.20 Å². The summed E-state index contributed by atoms with van der Waals surface area (Å²) in [5, 5.41) is 5.09. The van der Waals surface area contributed by atoms with Crippen LogP contribution in [-0.4, -0.2) is 14.2 Å². The average Bonchev–Trinajstić information content (AvgIpc) is 2.27. The summed E-state index contributed by atoms with van der Waals surface area (Å²) in [5.74, 6) is 0. The Kier molecular flexibility index (Phi) is 1.14. The zero-order valence-electron chi connectivity index (χ0n) is 5.10. The van der Waals surface area contributed by atoms with E-state index in [1.165, 1.54) is 4.09 Å². The van der Waals surface area contributed by atoms with E-state index in [4.69, 9.17) is 0 Å². The Bertz CT molecular complexity index is 322. The first-order valence-corrected chi connectivity index (χ1v) is 3.25. The summed E-state index contributed by atoms with van der Waals surface area (Å²) in [7, 11) is 0. The monoisotopic (exact) mass is 151 g/mol. The number of rotatable bonds is 0. The van der Waals surface area contributed by atoms with Crippen molar-refractivity contribution in [3.8, 4) is 0 Å². The molecule has 0 bridgehead atoms. The minimum Gasteiger partial charge on any atom is -0.262 e. The van der Waals surface area contributed by atoms with E-state index < -0.39 is 0 Å².